The van der Waals surface area contributed by atoms with Crippen LogP contribution >= 0.6 is 43.5 Å². The second-order valence-electron chi connectivity index (χ2n) is 4.76. The van der Waals surface area contributed by atoms with Gasteiger partial charge >= 0.3 is 0 Å². The first-order valence-corrected chi connectivity index (χ1v) is 8.21. The van der Waals surface area contributed by atoms with Crippen LogP contribution in [-0.4, -0.2) is 0 Å². The molecule has 1 atom stereocenters. The Balaban J connectivity index is 2.20. The highest BCUT2D eigenvalue weighted by atomic mass is 79.9. The van der Waals surface area contributed by atoms with E-state index in [0.29, 0.717) is 0 Å². The van der Waals surface area contributed by atoms with E-state index < -0.39 is 0 Å². The first-order valence-electron chi connectivity index (χ1n) is 6.12. The minimum absolute atomic E-state index is 0.232. The Morgan fingerprint density at radius 3 is 2.42 bits per heavy atom. The maximum Gasteiger partial charge on any atom is 0.0460 e. The smallest absolute Gasteiger partial charge is 0.0460 e. The number of alkyl halides is 1. The van der Waals surface area contributed by atoms with Crippen molar-refractivity contribution in [1.82, 2.24) is 0 Å². The van der Waals surface area contributed by atoms with Crippen LogP contribution in [0.5, 0.6) is 0 Å². The van der Waals surface area contributed by atoms with Crippen molar-refractivity contribution in [2.45, 2.75) is 25.1 Å². The second kappa shape index (κ2) is 6.43. The molecule has 2 rings (SSSR count). The van der Waals surface area contributed by atoms with Crippen molar-refractivity contribution < 1.29 is 0 Å². The number of aryl methyl sites for hydroxylation is 2. The van der Waals surface area contributed by atoms with Crippen molar-refractivity contribution in [1.29, 1.82) is 0 Å². The van der Waals surface area contributed by atoms with Crippen molar-refractivity contribution in [2.24, 2.45) is 0 Å². The van der Waals surface area contributed by atoms with Gasteiger partial charge in [0.25, 0.3) is 0 Å². The van der Waals surface area contributed by atoms with Crippen LogP contribution in [0.4, 0.5) is 0 Å². The average Bonchev–Trinajstić information content (AvgIpc) is 2.33. The van der Waals surface area contributed by atoms with Gasteiger partial charge in [-0.1, -0.05) is 67.7 Å². The van der Waals surface area contributed by atoms with Gasteiger partial charge in [-0.3, -0.25) is 0 Å². The lowest BCUT2D eigenvalue weighted by Gasteiger charge is -2.13. The third kappa shape index (κ3) is 3.84. The van der Waals surface area contributed by atoms with E-state index in [-0.39, 0.29) is 4.83 Å². The van der Waals surface area contributed by atoms with Crippen molar-refractivity contribution in [3.8, 4) is 0 Å². The lowest BCUT2D eigenvalue weighted by molar-refractivity contribution is 0.945. The molecule has 2 aromatic carbocycles. The molecule has 0 aliphatic rings. The summed E-state index contributed by atoms with van der Waals surface area (Å²) in [5, 5.41) is 0.792. The van der Waals surface area contributed by atoms with Crippen LogP contribution in [0.15, 0.2) is 40.9 Å². The van der Waals surface area contributed by atoms with Gasteiger partial charge in [-0.25, -0.2) is 0 Å². The summed E-state index contributed by atoms with van der Waals surface area (Å²) in [5.74, 6) is 0. The maximum absolute atomic E-state index is 6.29. The van der Waals surface area contributed by atoms with E-state index in [9.17, 15) is 0 Å². The molecule has 19 heavy (non-hydrogen) atoms. The molecular weight excluding hydrogens is 387 g/mol. The van der Waals surface area contributed by atoms with Crippen LogP contribution < -0.4 is 0 Å². The Kier molecular flexibility index (Phi) is 5.10. The molecule has 100 valence electrons. The minimum atomic E-state index is 0.232. The monoisotopic (exact) mass is 400 g/mol. The number of rotatable bonds is 3. The van der Waals surface area contributed by atoms with E-state index in [2.05, 4.69) is 70.0 Å². The summed E-state index contributed by atoms with van der Waals surface area (Å²) in [6.45, 7) is 4.28. The Bertz CT molecular complexity index is 593. The minimum Gasteiger partial charge on any atom is -0.0840 e. The molecule has 0 aliphatic carbocycles. The lowest BCUT2D eigenvalue weighted by Crippen LogP contribution is -1.97. The fourth-order valence-electron chi connectivity index (χ4n) is 2.00. The molecule has 0 fully saturated rings. The summed E-state index contributed by atoms with van der Waals surface area (Å²) in [7, 11) is 0. The van der Waals surface area contributed by atoms with Gasteiger partial charge < -0.3 is 0 Å². The van der Waals surface area contributed by atoms with Crippen LogP contribution in [0.2, 0.25) is 5.02 Å². The molecule has 0 nitrogen and oxygen atoms in total. The predicted octanol–water partition coefficient (Wildman–Crippen LogP) is 6.40. The fraction of sp³-hybridized carbons (Fsp3) is 0.250. The molecule has 0 amide bonds. The Morgan fingerprint density at radius 2 is 1.79 bits per heavy atom. The number of benzene rings is 2. The largest absolute Gasteiger partial charge is 0.0840 e. The predicted molar refractivity (Wildman–Crippen MR) is 90.4 cm³/mol. The molecule has 3 heteroatoms. The highest BCUT2D eigenvalue weighted by Gasteiger charge is 2.12. The molecule has 0 radical (unpaired) electrons. The van der Waals surface area contributed by atoms with E-state index in [0.717, 1.165) is 21.5 Å². The summed E-state index contributed by atoms with van der Waals surface area (Å²) in [6.07, 6.45) is 0.933. The zero-order valence-corrected chi connectivity index (χ0v) is 14.8. The van der Waals surface area contributed by atoms with Crippen LogP contribution in [0.25, 0.3) is 0 Å². The van der Waals surface area contributed by atoms with Crippen molar-refractivity contribution in [2.75, 3.05) is 0 Å². The number of halogens is 3. The lowest BCUT2D eigenvalue weighted by atomic mass is 10.0. The van der Waals surface area contributed by atoms with Gasteiger partial charge in [0.05, 0.1) is 0 Å². The van der Waals surface area contributed by atoms with Crippen LogP contribution in [0.3, 0.4) is 0 Å². The van der Waals surface area contributed by atoms with Gasteiger partial charge in [0.1, 0.15) is 0 Å². The van der Waals surface area contributed by atoms with Crippen LogP contribution in [0.1, 0.15) is 27.1 Å². The van der Waals surface area contributed by atoms with Gasteiger partial charge in [0, 0.05) is 14.3 Å². The summed E-state index contributed by atoms with van der Waals surface area (Å²) >= 11 is 13.5. The Labute approximate surface area is 136 Å². The molecule has 0 aromatic heterocycles. The highest BCUT2D eigenvalue weighted by molar-refractivity contribution is 9.10. The third-order valence-corrected chi connectivity index (χ3v) is 4.92. The molecule has 0 heterocycles. The van der Waals surface area contributed by atoms with Crippen molar-refractivity contribution >= 4 is 43.5 Å². The molecule has 0 bridgehead atoms. The quantitative estimate of drug-likeness (QED) is 0.521. The Morgan fingerprint density at radius 1 is 1.05 bits per heavy atom. The Hall–Kier alpha value is -0.310. The molecule has 2 aromatic rings. The molecule has 1 unspecified atom stereocenters. The molecule has 0 aliphatic heterocycles. The average molecular weight is 403 g/mol. The standard InChI is InChI=1S/C16H15Br2Cl/c1-10-3-4-12(7-11(10)2)8-15(18)14-6-5-13(17)9-16(14)19/h3-7,9,15H,8H2,1-2H3. The molecule has 0 saturated heterocycles. The topological polar surface area (TPSA) is 0 Å². The van der Waals surface area contributed by atoms with Crippen molar-refractivity contribution in [3.63, 3.8) is 0 Å². The van der Waals surface area contributed by atoms with E-state index in [1.165, 1.54) is 16.7 Å². The second-order valence-corrected chi connectivity index (χ2v) is 7.18. The molecular formula is C16H15Br2Cl. The van der Waals surface area contributed by atoms with Crippen LogP contribution in [0, 0.1) is 13.8 Å². The summed E-state index contributed by atoms with van der Waals surface area (Å²) < 4.78 is 1.01. The first kappa shape index (κ1) is 15.1. The summed E-state index contributed by atoms with van der Waals surface area (Å²) in [5.41, 5.74) is 5.11. The van der Waals surface area contributed by atoms with Gasteiger partial charge in [0.15, 0.2) is 0 Å². The normalized spacial score (nSPS) is 12.5. The first-order chi connectivity index (χ1) is 8.97. The summed E-state index contributed by atoms with van der Waals surface area (Å²) in [6, 6.07) is 12.6. The zero-order valence-electron chi connectivity index (χ0n) is 10.9. The molecule has 0 spiro atoms. The number of hydrogen-bond acceptors (Lipinski definition) is 0. The van der Waals surface area contributed by atoms with E-state index >= 15 is 0 Å². The SMILES string of the molecule is Cc1ccc(CC(Br)c2ccc(Br)cc2Cl)cc1C. The van der Waals surface area contributed by atoms with Gasteiger partial charge in [-0.15, -0.1) is 0 Å². The number of hydrogen-bond donors (Lipinski definition) is 0. The van der Waals surface area contributed by atoms with Gasteiger partial charge in [-0.05, 0) is 54.7 Å². The fourth-order valence-corrected chi connectivity index (χ4v) is 3.71. The molecule has 0 N–H and O–H groups in total. The summed E-state index contributed by atoms with van der Waals surface area (Å²) in [4.78, 5) is 0.232. The van der Waals surface area contributed by atoms with E-state index in [1.54, 1.807) is 0 Å². The van der Waals surface area contributed by atoms with E-state index in [1.807, 2.05) is 12.1 Å². The van der Waals surface area contributed by atoms with Crippen molar-refractivity contribution in [3.05, 3.63) is 68.1 Å². The third-order valence-electron chi connectivity index (χ3n) is 3.29. The highest BCUT2D eigenvalue weighted by Crippen LogP contribution is 2.34. The molecule has 0 saturated carbocycles. The van der Waals surface area contributed by atoms with E-state index in [4.69, 9.17) is 11.6 Å². The maximum atomic E-state index is 6.29. The van der Waals surface area contributed by atoms with Crippen LogP contribution in [-0.2, 0) is 6.42 Å². The van der Waals surface area contributed by atoms with Gasteiger partial charge in [-0.2, -0.15) is 0 Å². The van der Waals surface area contributed by atoms with Gasteiger partial charge in [0.2, 0.25) is 0 Å². The zero-order chi connectivity index (χ0) is 14.0.